The Kier molecular flexibility index (Phi) is 4.59. The maximum Gasteiger partial charge on any atom is 0.340 e. The van der Waals surface area contributed by atoms with E-state index in [9.17, 15) is 9.59 Å². The maximum absolute atomic E-state index is 13.0. The van der Waals surface area contributed by atoms with Gasteiger partial charge in [0.2, 0.25) is 0 Å². The monoisotopic (exact) mass is 372 g/mol. The molecule has 5 heteroatoms. The quantitative estimate of drug-likeness (QED) is 0.763. The number of amides is 1. The fraction of sp³-hybridized carbons (Fsp3) is 0.727. The van der Waals surface area contributed by atoms with Crippen LogP contribution in [-0.2, 0) is 4.74 Å². The highest BCUT2D eigenvalue weighted by atomic mass is 16.5. The Morgan fingerprint density at radius 2 is 1.70 bits per heavy atom. The fourth-order valence-corrected chi connectivity index (χ4v) is 6.62. The summed E-state index contributed by atoms with van der Waals surface area (Å²) in [5.41, 5.74) is 2.63. The van der Waals surface area contributed by atoms with Gasteiger partial charge in [-0.1, -0.05) is 0 Å². The summed E-state index contributed by atoms with van der Waals surface area (Å²) in [5.74, 6) is 2.12. The van der Waals surface area contributed by atoms with Crippen LogP contribution in [0.4, 0.5) is 0 Å². The average Bonchev–Trinajstić information content (AvgIpc) is 2.88. The Hall–Kier alpha value is -1.78. The summed E-state index contributed by atoms with van der Waals surface area (Å²) >= 11 is 0. The van der Waals surface area contributed by atoms with Crippen LogP contribution in [0.15, 0.2) is 0 Å². The molecule has 0 aliphatic heterocycles. The zero-order chi connectivity index (χ0) is 19.3. The number of hydrogen-bond donors (Lipinski definition) is 2. The molecule has 148 valence electrons. The van der Waals surface area contributed by atoms with E-state index in [1.54, 1.807) is 6.92 Å². The third kappa shape index (κ3) is 3.09. The number of aryl methyl sites for hydroxylation is 1. The van der Waals surface area contributed by atoms with Gasteiger partial charge in [-0.25, -0.2) is 4.79 Å². The highest BCUT2D eigenvalue weighted by molar-refractivity contribution is 6.00. The third-order valence-corrected chi connectivity index (χ3v) is 7.50. The molecule has 4 fully saturated rings. The molecular formula is C22H32N2O3. The van der Waals surface area contributed by atoms with Gasteiger partial charge in [-0.05, 0) is 95.0 Å². The Bertz CT molecular complexity index is 729. The summed E-state index contributed by atoms with van der Waals surface area (Å²) in [5, 5.41) is 3.28. The molecule has 0 aromatic carbocycles. The van der Waals surface area contributed by atoms with Crippen LogP contribution in [0.25, 0.3) is 0 Å². The van der Waals surface area contributed by atoms with Gasteiger partial charge in [0, 0.05) is 11.7 Å². The number of carbonyl (C=O) groups is 2. The Morgan fingerprint density at radius 1 is 1.15 bits per heavy atom. The molecule has 4 aliphatic carbocycles. The zero-order valence-electron chi connectivity index (χ0n) is 17.0. The minimum atomic E-state index is -0.364. The number of hydrogen-bond acceptors (Lipinski definition) is 3. The van der Waals surface area contributed by atoms with E-state index in [0.29, 0.717) is 29.1 Å². The van der Waals surface area contributed by atoms with Gasteiger partial charge < -0.3 is 15.0 Å². The van der Waals surface area contributed by atoms with Gasteiger partial charge in [-0.3, -0.25) is 4.79 Å². The third-order valence-electron chi connectivity index (χ3n) is 7.50. The molecule has 5 rings (SSSR count). The Labute approximate surface area is 161 Å². The van der Waals surface area contributed by atoms with Crippen molar-refractivity contribution in [2.45, 2.75) is 72.3 Å². The standard InChI is InChI=1S/C22H32N2O3/c1-5-27-21(26)18-12(2)19(23-13(18)3)20(25)24-14(4)22-9-15-6-16(10-22)8-17(7-15)11-22/h14-17,23H,5-11H2,1-4H3,(H,24,25)/t14-,15?,16?,17?,22?/m1/s1. The topological polar surface area (TPSA) is 71.2 Å². The Balaban J connectivity index is 1.51. The van der Waals surface area contributed by atoms with Crippen molar-refractivity contribution in [3.63, 3.8) is 0 Å². The summed E-state index contributed by atoms with van der Waals surface area (Å²) in [4.78, 5) is 28.3. The van der Waals surface area contributed by atoms with Crippen LogP contribution in [0.1, 0.15) is 84.5 Å². The SMILES string of the molecule is CCOC(=O)c1c(C)[nH]c(C(=O)N[C@H](C)C23CC4CC(CC(C4)C2)C3)c1C. The molecule has 1 atom stereocenters. The molecule has 4 bridgehead atoms. The van der Waals surface area contributed by atoms with Crippen LogP contribution in [0.3, 0.4) is 0 Å². The van der Waals surface area contributed by atoms with Crippen molar-refractivity contribution in [1.82, 2.24) is 10.3 Å². The van der Waals surface area contributed by atoms with Crippen molar-refractivity contribution in [2.75, 3.05) is 6.61 Å². The first-order valence-corrected chi connectivity index (χ1v) is 10.5. The highest BCUT2D eigenvalue weighted by Crippen LogP contribution is 2.61. The molecule has 5 nitrogen and oxygen atoms in total. The van der Waals surface area contributed by atoms with Crippen LogP contribution in [-0.4, -0.2) is 29.5 Å². The van der Waals surface area contributed by atoms with Crippen LogP contribution in [0.5, 0.6) is 0 Å². The molecular weight excluding hydrogens is 340 g/mol. The molecule has 0 saturated heterocycles. The summed E-state index contributed by atoms with van der Waals surface area (Å²) in [6.45, 7) is 7.94. The second-order valence-corrected chi connectivity index (χ2v) is 9.32. The van der Waals surface area contributed by atoms with Gasteiger partial charge >= 0.3 is 5.97 Å². The number of H-pyrrole nitrogens is 1. The maximum atomic E-state index is 13.0. The molecule has 27 heavy (non-hydrogen) atoms. The lowest BCUT2D eigenvalue weighted by Gasteiger charge is -2.59. The van der Waals surface area contributed by atoms with E-state index in [4.69, 9.17) is 4.74 Å². The molecule has 1 amide bonds. The van der Waals surface area contributed by atoms with E-state index < -0.39 is 0 Å². The lowest BCUT2D eigenvalue weighted by Crippen LogP contribution is -2.55. The number of aromatic amines is 1. The minimum Gasteiger partial charge on any atom is -0.462 e. The highest BCUT2D eigenvalue weighted by Gasteiger charge is 2.53. The van der Waals surface area contributed by atoms with Crippen LogP contribution in [0.2, 0.25) is 0 Å². The molecule has 0 unspecified atom stereocenters. The summed E-state index contributed by atoms with van der Waals surface area (Å²) in [6.07, 6.45) is 7.99. The number of nitrogens with one attached hydrogen (secondary N) is 2. The largest absolute Gasteiger partial charge is 0.462 e. The Morgan fingerprint density at radius 3 is 2.22 bits per heavy atom. The number of ether oxygens (including phenoxy) is 1. The molecule has 1 aromatic rings. The minimum absolute atomic E-state index is 0.102. The molecule has 0 spiro atoms. The second-order valence-electron chi connectivity index (χ2n) is 9.32. The van der Waals surface area contributed by atoms with E-state index in [1.165, 1.54) is 38.5 Å². The van der Waals surface area contributed by atoms with Gasteiger partial charge in [0.25, 0.3) is 5.91 Å². The van der Waals surface area contributed by atoms with Crippen molar-refractivity contribution in [1.29, 1.82) is 0 Å². The van der Waals surface area contributed by atoms with Gasteiger partial charge in [-0.2, -0.15) is 0 Å². The van der Waals surface area contributed by atoms with E-state index in [0.717, 1.165) is 17.8 Å². The molecule has 1 aromatic heterocycles. The lowest BCUT2D eigenvalue weighted by molar-refractivity contribution is -0.0688. The molecule has 0 radical (unpaired) electrons. The fourth-order valence-electron chi connectivity index (χ4n) is 6.62. The number of carbonyl (C=O) groups excluding carboxylic acids is 2. The smallest absolute Gasteiger partial charge is 0.340 e. The zero-order valence-corrected chi connectivity index (χ0v) is 17.0. The molecule has 4 aliphatic rings. The predicted octanol–water partition coefficient (Wildman–Crippen LogP) is 4.14. The summed E-state index contributed by atoms with van der Waals surface area (Å²) in [7, 11) is 0. The lowest BCUT2D eigenvalue weighted by atomic mass is 9.48. The van der Waals surface area contributed by atoms with Crippen LogP contribution >= 0.6 is 0 Å². The van der Waals surface area contributed by atoms with Crippen molar-refractivity contribution in [3.8, 4) is 0 Å². The van der Waals surface area contributed by atoms with E-state index in [-0.39, 0.29) is 23.3 Å². The van der Waals surface area contributed by atoms with Crippen LogP contribution in [0, 0.1) is 37.0 Å². The van der Waals surface area contributed by atoms with Crippen molar-refractivity contribution < 1.29 is 14.3 Å². The van der Waals surface area contributed by atoms with Gasteiger partial charge in [0.1, 0.15) is 5.69 Å². The molecule has 2 N–H and O–H groups in total. The second kappa shape index (κ2) is 6.68. The number of aromatic nitrogens is 1. The van der Waals surface area contributed by atoms with Crippen molar-refractivity contribution in [2.24, 2.45) is 23.2 Å². The van der Waals surface area contributed by atoms with Gasteiger partial charge in [0.05, 0.1) is 12.2 Å². The first kappa shape index (κ1) is 18.6. The van der Waals surface area contributed by atoms with Crippen molar-refractivity contribution in [3.05, 3.63) is 22.5 Å². The first-order chi connectivity index (χ1) is 12.8. The average molecular weight is 373 g/mol. The van der Waals surface area contributed by atoms with Crippen molar-refractivity contribution >= 4 is 11.9 Å². The van der Waals surface area contributed by atoms with E-state index in [1.807, 2.05) is 13.8 Å². The first-order valence-electron chi connectivity index (χ1n) is 10.5. The van der Waals surface area contributed by atoms with E-state index >= 15 is 0 Å². The normalized spacial score (nSPS) is 32.4. The summed E-state index contributed by atoms with van der Waals surface area (Å²) < 4.78 is 5.14. The van der Waals surface area contributed by atoms with Gasteiger partial charge in [0.15, 0.2) is 0 Å². The number of esters is 1. The molecule has 4 saturated carbocycles. The molecule has 1 heterocycles. The van der Waals surface area contributed by atoms with Crippen LogP contribution < -0.4 is 5.32 Å². The van der Waals surface area contributed by atoms with E-state index in [2.05, 4.69) is 17.2 Å². The number of rotatable bonds is 5. The van der Waals surface area contributed by atoms with Gasteiger partial charge in [-0.15, -0.1) is 0 Å². The summed E-state index contributed by atoms with van der Waals surface area (Å²) in [6, 6.07) is 0.160. The predicted molar refractivity (Wildman–Crippen MR) is 104 cm³/mol.